The van der Waals surface area contributed by atoms with Crippen molar-refractivity contribution in [3.63, 3.8) is 0 Å². The van der Waals surface area contributed by atoms with E-state index < -0.39 is 15.9 Å². The summed E-state index contributed by atoms with van der Waals surface area (Å²) in [4.78, 5) is 28.0. The van der Waals surface area contributed by atoms with Crippen molar-refractivity contribution < 1.29 is 22.7 Å². The predicted molar refractivity (Wildman–Crippen MR) is 130 cm³/mol. The third-order valence-electron chi connectivity index (χ3n) is 5.58. The number of ether oxygens (including phenoxy) is 1. The minimum Gasteiger partial charge on any atom is -0.378 e. The van der Waals surface area contributed by atoms with Crippen molar-refractivity contribution >= 4 is 33.2 Å². The Bertz CT molecular complexity index is 1300. The van der Waals surface area contributed by atoms with Crippen LogP contribution in [-0.4, -0.2) is 51.4 Å². The summed E-state index contributed by atoms with van der Waals surface area (Å²) in [6.45, 7) is 3.60. The van der Waals surface area contributed by atoms with Gasteiger partial charge in [-0.3, -0.25) is 14.3 Å². The normalized spacial score (nSPS) is 13.9. The zero-order valence-electron chi connectivity index (χ0n) is 18.7. The SMILES string of the molecule is Cc1c(NS(=O)(=O)c2ccccc2)cccc1C(=O)Nc1ccccc1C(=O)N1CCOCC1. The van der Waals surface area contributed by atoms with Crippen molar-refractivity contribution in [2.45, 2.75) is 11.8 Å². The van der Waals surface area contributed by atoms with Crippen LogP contribution in [0, 0.1) is 6.92 Å². The molecule has 1 aliphatic rings. The average Bonchev–Trinajstić information content (AvgIpc) is 2.86. The lowest BCUT2D eigenvalue weighted by atomic mass is 10.1. The molecule has 2 amide bonds. The number of rotatable bonds is 6. The van der Waals surface area contributed by atoms with E-state index in [0.29, 0.717) is 54.4 Å². The second-order valence-corrected chi connectivity index (χ2v) is 9.48. The Morgan fingerprint density at radius 2 is 1.44 bits per heavy atom. The summed E-state index contributed by atoms with van der Waals surface area (Å²) < 4.78 is 33.3. The quantitative estimate of drug-likeness (QED) is 0.563. The van der Waals surface area contributed by atoms with E-state index >= 15 is 0 Å². The molecule has 0 aliphatic carbocycles. The van der Waals surface area contributed by atoms with E-state index in [1.54, 1.807) is 72.5 Å². The van der Waals surface area contributed by atoms with Gasteiger partial charge in [-0.15, -0.1) is 0 Å². The van der Waals surface area contributed by atoms with Gasteiger partial charge in [0.2, 0.25) is 0 Å². The number of nitrogens with one attached hydrogen (secondary N) is 2. The average molecular weight is 480 g/mol. The van der Waals surface area contributed by atoms with E-state index in [-0.39, 0.29) is 10.8 Å². The highest BCUT2D eigenvalue weighted by atomic mass is 32.2. The molecule has 0 radical (unpaired) electrons. The van der Waals surface area contributed by atoms with Crippen LogP contribution in [0.15, 0.2) is 77.7 Å². The maximum absolute atomic E-state index is 13.1. The highest BCUT2D eigenvalue weighted by Crippen LogP contribution is 2.25. The number of carbonyl (C=O) groups excluding carboxylic acids is 2. The molecule has 3 aromatic rings. The molecule has 8 nitrogen and oxygen atoms in total. The maximum Gasteiger partial charge on any atom is 0.261 e. The van der Waals surface area contributed by atoms with Gasteiger partial charge < -0.3 is 15.0 Å². The molecule has 0 bridgehead atoms. The Morgan fingerprint density at radius 1 is 0.824 bits per heavy atom. The molecule has 176 valence electrons. The van der Waals surface area contributed by atoms with Crippen LogP contribution in [0.3, 0.4) is 0 Å². The molecule has 4 rings (SSSR count). The van der Waals surface area contributed by atoms with Crippen LogP contribution in [-0.2, 0) is 14.8 Å². The fourth-order valence-corrected chi connectivity index (χ4v) is 4.84. The number of hydrogen-bond acceptors (Lipinski definition) is 5. The van der Waals surface area contributed by atoms with Crippen molar-refractivity contribution in [1.82, 2.24) is 4.90 Å². The summed E-state index contributed by atoms with van der Waals surface area (Å²) in [7, 11) is -3.81. The van der Waals surface area contributed by atoms with Gasteiger partial charge in [0.1, 0.15) is 0 Å². The summed E-state index contributed by atoms with van der Waals surface area (Å²) in [5, 5.41) is 2.81. The molecule has 34 heavy (non-hydrogen) atoms. The number of nitrogens with zero attached hydrogens (tertiary/aromatic N) is 1. The van der Waals surface area contributed by atoms with Crippen LogP contribution in [0.2, 0.25) is 0 Å². The van der Waals surface area contributed by atoms with Crippen LogP contribution in [0.1, 0.15) is 26.3 Å². The van der Waals surface area contributed by atoms with E-state index in [2.05, 4.69) is 10.0 Å². The largest absolute Gasteiger partial charge is 0.378 e. The molecule has 2 N–H and O–H groups in total. The minimum atomic E-state index is -3.81. The zero-order valence-corrected chi connectivity index (χ0v) is 19.5. The molecule has 1 heterocycles. The van der Waals surface area contributed by atoms with Crippen LogP contribution in [0.4, 0.5) is 11.4 Å². The molecule has 9 heteroatoms. The highest BCUT2D eigenvalue weighted by molar-refractivity contribution is 7.92. The Kier molecular flexibility index (Phi) is 6.95. The minimum absolute atomic E-state index is 0.125. The number of anilines is 2. The number of para-hydroxylation sites is 1. The Morgan fingerprint density at radius 3 is 2.18 bits per heavy atom. The first-order valence-corrected chi connectivity index (χ1v) is 12.3. The molecule has 1 fully saturated rings. The molecule has 0 saturated carbocycles. The molecule has 3 aromatic carbocycles. The van der Waals surface area contributed by atoms with Crippen LogP contribution in [0.25, 0.3) is 0 Å². The lowest BCUT2D eigenvalue weighted by Crippen LogP contribution is -2.41. The first-order chi connectivity index (χ1) is 16.4. The smallest absolute Gasteiger partial charge is 0.261 e. The summed E-state index contributed by atoms with van der Waals surface area (Å²) >= 11 is 0. The molecule has 0 aromatic heterocycles. The Labute approximate surface area is 198 Å². The summed E-state index contributed by atoms with van der Waals surface area (Å²) in [6.07, 6.45) is 0. The van der Waals surface area contributed by atoms with E-state index in [1.165, 1.54) is 12.1 Å². The number of benzene rings is 3. The van der Waals surface area contributed by atoms with Gasteiger partial charge in [-0.25, -0.2) is 8.42 Å². The molecule has 1 aliphatic heterocycles. The van der Waals surface area contributed by atoms with E-state index in [1.807, 2.05) is 0 Å². The maximum atomic E-state index is 13.1. The van der Waals surface area contributed by atoms with E-state index in [4.69, 9.17) is 4.74 Å². The molecule has 0 unspecified atom stereocenters. The second-order valence-electron chi connectivity index (χ2n) is 7.80. The van der Waals surface area contributed by atoms with Gasteiger partial charge >= 0.3 is 0 Å². The molecular formula is C25H25N3O5S. The Hall–Kier alpha value is -3.69. The van der Waals surface area contributed by atoms with Gasteiger partial charge in [-0.05, 0) is 48.9 Å². The molecule has 1 saturated heterocycles. The number of sulfonamides is 1. The Balaban J connectivity index is 1.57. The summed E-state index contributed by atoms with van der Waals surface area (Å²) in [5.41, 5.74) is 1.84. The van der Waals surface area contributed by atoms with E-state index in [9.17, 15) is 18.0 Å². The number of hydrogen-bond donors (Lipinski definition) is 2. The topological polar surface area (TPSA) is 105 Å². The first kappa shape index (κ1) is 23.5. The predicted octanol–water partition coefficient (Wildman–Crippen LogP) is 3.52. The van der Waals surface area contributed by atoms with Gasteiger partial charge in [-0.2, -0.15) is 0 Å². The monoisotopic (exact) mass is 479 g/mol. The first-order valence-electron chi connectivity index (χ1n) is 10.8. The molecule has 0 spiro atoms. The van der Waals surface area contributed by atoms with Crippen LogP contribution >= 0.6 is 0 Å². The fourth-order valence-electron chi connectivity index (χ4n) is 3.70. The summed E-state index contributed by atoms with van der Waals surface area (Å²) in [6, 6.07) is 19.6. The van der Waals surface area contributed by atoms with Crippen LogP contribution < -0.4 is 10.0 Å². The van der Waals surface area contributed by atoms with Gasteiger partial charge in [0, 0.05) is 18.7 Å². The molecular weight excluding hydrogens is 454 g/mol. The van der Waals surface area contributed by atoms with Crippen molar-refractivity contribution in [3.05, 3.63) is 89.5 Å². The zero-order chi connectivity index (χ0) is 24.1. The van der Waals surface area contributed by atoms with Crippen molar-refractivity contribution in [1.29, 1.82) is 0 Å². The third kappa shape index (κ3) is 5.11. The number of amides is 2. The van der Waals surface area contributed by atoms with Gasteiger partial charge in [-0.1, -0.05) is 36.4 Å². The van der Waals surface area contributed by atoms with E-state index in [0.717, 1.165) is 0 Å². The standard InChI is InChI=1S/C25H25N3O5S/c1-18-20(11-7-13-22(18)27-34(31,32)19-8-3-2-4-9-19)24(29)26-23-12-6-5-10-21(23)25(30)28-14-16-33-17-15-28/h2-13,27H,14-17H2,1H3,(H,26,29). The number of carbonyl (C=O) groups is 2. The van der Waals surface area contributed by atoms with Crippen LogP contribution in [0.5, 0.6) is 0 Å². The van der Waals surface area contributed by atoms with Crippen molar-refractivity contribution in [3.8, 4) is 0 Å². The van der Waals surface area contributed by atoms with Gasteiger partial charge in [0.15, 0.2) is 0 Å². The highest BCUT2D eigenvalue weighted by Gasteiger charge is 2.23. The lowest BCUT2D eigenvalue weighted by molar-refractivity contribution is 0.0303. The van der Waals surface area contributed by atoms with Gasteiger partial charge in [0.05, 0.1) is 35.0 Å². The summed E-state index contributed by atoms with van der Waals surface area (Å²) in [5.74, 6) is -0.624. The molecule has 0 atom stereocenters. The van der Waals surface area contributed by atoms with Crippen molar-refractivity contribution in [2.75, 3.05) is 36.3 Å². The van der Waals surface area contributed by atoms with Gasteiger partial charge in [0.25, 0.3) is 21.8 Å². The third-order valence-corrected chi connectivity index (χ3v) is 6.96. The fraction of sp³-hybridized carbons (Fsp3) is 0.200. The second kappa shape index (κ2) is 10.1. The number of morpholine rings is 1. The van der Waals surface area contributed by atoms with Crippen molar-refractivity contribution in [2.24, 2.45) is 0 Å². The lowest BCUT2D eigenvalue weighted by Gasteiger charge is -2.27.